The molecule has 0 aliphatic heterocycles. The van der Waals surface area contributed by atoms with Crippen LogP contribution in [0.25, 0.3) is 11.3 Å². The van der Waals surface area contributed by atoms with Crippen LogP contribution in [0.3, 0.4) is 0 Å². The van der Waals surface area contributed by atoms with Crippen LogP contribution in [0.15, 0.2) is 101 Å². The van der Waals surface area contributed by atoms with Gasteiger partial charge in [-0.25, -0.2) is 13.1 Å². The van der Waals surface area contributed by atoms with Gasteiger partial charge in [-0.05, 0) is 42.3 Å². The minimum absolute atomic E-state index is 0.0658. The average Bonchev–Trinajstić information content (AvgIpc) is 3.31. The Bertz CT molecular complexity index is 1430. The Kier molecular flexibility index (Phi) is 6.60. The summed E-state index contributed by atoms with van der Waals surface area (Å²) in [6.45, 7) is 1.66. The van der Waals surface area contributed by atoms with Crippen LogP contribution in [-0.2, 0) is 21.2 Å². The zero-order chi connectivity index (χ0) is 24.1. The number of benzene rings is 3. The molecule has 0 fully saturated rings. The first-order valence-electron chi connectivity index (χ1n) is 10.5. The minimum Gasteiger partial charge on any atom is -0.464 e. The molecule has 0 radical (unpaired) electrons. The number of nitrogens with one attached hydrogen (secondary N) is 2. The van der Waals surface area contributed by atoms with E-state index in [-0.39, 0.29) is 17.2 Å². The van der Waals surface area contributed by atoms with Crippen molar-refractivity contribution in [2.45, 2.75) is 18.2 Å². The molecular weight excluding hydrogens is 452 g/mol. The normalized spacial score (nSPS) is 11.1. The molecule has 0 aliphatic rings. The molecule has 3 aromatic carbocycles. The largest absolute Gasteiger partial charge is 0.464 e. The Morgan fingerprint density at radius 3 is 2.26 bits per heavy atom. The van der Waals surface area contributed by atoms with E-state index in [1.165, 1.54) is 12.3 Å². The van der Waals surface area contributed by atoms with E-state index < -0.39 is 15.9 Å². The number of carbonyl (C=O) groups is 2. The lowest BCUT2D eigenvalue weighted by Gasteiger charge is -2.09. The molecule has 0 aliphatic carbocycles. The Balaban J connectivity index is 1.36. The number of aryl methyl sites for hydroxylation is 1. The number of anilines is 1. The van der Waals surface area contributed by atoms with Crippen LogP contribution in [0.2, 0.25) is 0 Å². The molecule has 172 valence electrons. The number of hydrogen-bond acceptors (Lipinski definition) is 5. The van der Waals surface area contributed by atoms with Gasteiger partial charge >= 0.3 is 0 Å². The van der Waals surface area contributed by atoms with Crippen molar-refractivity contribution in [1.29, 1.82) is 0 Å². The van der Waals surface area contributed by atoms with E-state index in [0.717, 1.165) is 5.56 Å². The van der Waals surface area contributed by atoms with Crippen molar-refractivity contribution in [2.24, 2.45) is 0 Å². The van der Waals surface area contributed by atoms with Gasteiger partial charge < -0.3 is 9.73 Å². The van der Waals surface area contributed by atoms with Crippen LogP contribution in [0.5, 0.6) is 0 Å². The smallest absolute Gasteiger partial charge is 0.264 e. The highest BCUT2D eigenvalue weighted by molar-refractivity contribution is 7.90. The van der Waals surface area contributed by atoms with Crippen molar-refractivity contribution in [3.8, 4) is 11.3 Å². The summed E-state index contributed by atoms with van der Waals surface area (Å²) >= 11 is 0. The molecule has 4 aromatic rings. The van der Waals surface area contributed by atoms with Gasteiger partial charge in [-0.15, -0.1) is 0 Å². The van der Waals surface area contributed by atoms with E-state index in [9.17, 15) is 18.0 Å². The summed E-state index contributed by atoms with van der Waals surface area (Å²) in [5.41, 5.74) is 2.93. The number of hydrogen-bond donors (Lipinski definition) is 2. The van der Waals surface area contributed by atoms with Crippen molar-refractivity contribution in [3.63, 3.8) is 0 Å². The zero-order valence-corrected chi connectivity index (χ0v) is 19.1. The fraction of sp³-hybridized carbons (Fsp3) is 0.0769. The van der Waals surface area contributed by atoms with Crippen molar-refractivity contribution in [3.05, 3.63) is 108 Å². The average molecular weight is 475 g/mol. The fourth-order valence-electron chi connectivity index (χ4n) is 3.40. The van der Waals surface area contributed by atoms with Crippen molar-refractivity contribution < 1.29 is 22.4 Å². The SMILES string of the molecule is Cc1ccccc1S(=O)(=O)NC(=O)Cc1ccc(NC(=O)c2coc(-c3ccccc3)c2)cc1. The molecule has 34 heavy (non-hydrogen) atoms. The number of carbonyl (C=O) groups excluding carboxylic acids is 2. The highest BCUT2D eigenvalue weighted by atomic mass is 32.2. The molecule has 8 heteroatoms. The summed E-state index contributed by atoms with van der Waals surface area (Å²) in [5, 5.41) is 2.77. The van der Waals surface area contributed by atoms with Gasteiger partial charge in [0.05, 0.1) is 16.9 Å². The van der Waals surface area contributed by atoms with E-state index in [1.807, 2.05) is 30.3 Å². The van der Waals surface area contributed by atoms with Crippen LogP contribution in [0.1, 0.15) is 21.5 Å². The molecule has 2 N–H and O–H groups in total. The number of furan rings is 1. The lowest BCUT2D eigenvalue weighted by atomic mass is 10.1. The first kappa shape index (κ1) is 23.0. The highest BCUT2D eigenvalue weighted by Gasteiger charge is 2.19. The molecular formula is C26H22N2O5S. The maximum Gasteiger partial charge on any atom is 0.264 e. The minimum atomic E-state index is -3.95. The van der Waals surface area contributed by atoms with Crippen molar-refractivity contribution >= 4 is 27.5 Å². The summed E-state index contributed by atoms with van der Waals surface area (Å²) in [5.74, 6) is -0.389. The summed E-state index contributed by atoms with van der Waals surface area (Å²) < 4.78 is 32.5. The van der Waals surface area contributed by atoms with E-state index in [4.69, 9.17) is 4.42 Å². The lowest BCUT2D eigenvalue weighted by molar-refractivity contribution is -0.118. The predicted molar refractivity (Wildman–Crippen MR) is 129 cm³/mol. The first-order valence-corrected chi connectivity index (χ1v) is 12.0. The molecule has 2 amide bonds. The van der Waals surface area contributed by atoms with E-state index >= 15 is 0 Å². The van der Waals surface area contributed by atoms with Crippen LogP contribution in [-0.4, -0.2) is 20.2 Å². The lowest BCUT2D eigenvalue weighted by Crippen LogP contribution is -2.32. The third-order valence-corrected chi connectivity index (χ3v) is 6.66. The molecule has 0 unspecified atom stereocenters. The van der Waals surface area contributed by atoms with Gasteiger partial charge in [0.25, 0.3) is 15.9 Å². The molecule has 0 atom stereocenters. The van der Waals surface area contributed by atoms with Crippen molar-refractivity contribution in [2.75, 3.05) is 5.32 Å². The summed E-state index contributed by atoms with van der Waals surface area (Å²) in [7, 11) is -3.95. The van der Waals surface area contributed by atoms with Gasteiger partial charge in [0.15, 0.2) is 0 Å². The van der Waals surface area contributed by atoms with E-state index in [2.05, 4.69) is 10.0 Å². The van der Waals surface area contributed by atoms with Crippen LogP contribution < -0.4 is 10.0 Å². The van der Waals surface area contributed by atoms with Gasteiger partial charge in [-0.2, -0.15) is 0 Å². The van der Waals surface area contributed by atoms with Gasteiger partial charge in [-0.3, -0.25) is 9.59 Å². The second-order valence-corrected chi connectivity index (χ2v) is 9.34. The maximum absolute atomic E-state index is 12.5. The molecule has 0 saturated carbocycles. The van der Waals surface area contributed by atoms with Crippen LogP contribution >= 0.6 is 0 Å². The fourth-order valence-corrected chi connectivity index (χ4v) is 4.63. The van der Waals surface area contributed by atoms with Gasteiger partial charge in [0, 0.05) is 11.3 Å². The summed E-state index contributed by atoms with van der Waals surface area (Å²) in [4.78, 5) is 24.9. The topological polar surface area (TPSA) is 105 Å². The van der Waals surface area contributed by atoms with Gasteiger partial charge in [0.1, 0.15) is 12.0 Å². The second-order valence-electron chi connectivity index (χ2n) is 7.69. The molecule has 7 nitrogen and oxygen atoms in total. The Morgan fingerprint density at radius 2 is 1.56 bits per heavy atom. The third-order valence-electron chi connectivity index (χ3n) is 5.13. The highest BCUT2D eigenvalue weighted by Crippen LogP contribution is 2.22. The van der Waals surface area contributed by atoms with E-state index in [1.54, 1.807) is 55.5 Å². The molecule has 0 saturated heterocycles. The zero-order valence-electron chi connectivity index (χ0n) is 18.3. The molecule has 4 rings (SSSR count). The van der Waals surface area contributed by atoms with Crippen LogP contribution in [0, 0.1) is 6.92 Å². The molecule has 0 spiro atoms. The standard InChI is InChI=1S/C26H22N2O5S/c1-18-7-5-6-10-24(18)34(31,32)28-25(29)15-19-11-13-22(14-12-19)27-26(30)21-16-23(33-17-21)20-8-3-2-4-9-20/h2-14,16-17H,15H2,1H3,(H,27,30)(H,28,29). The first-order chi connectivity index (χ1) is 16.3. The van der Waals surface area contributed by atoms with Gasteiger partial charge in [0.2, 0.25) is 5.91 Å². The maximum atomic E-state index is 12.5. The summed E-state index contributed by atoms with van der Waals surface area (Å²) in [6, 6.07) is 24.2. The Labute approximate surface area is 197 Å². The molecule has 1 heterocycles. The van der Waals surface area contributed by atoms with Crippen molar-refractivity contribution in [1.82, 2.24) is 4.72 Å². The Hall–Kier alpha value is -4.17. The molecule has 0 bridgehead atoms. The molecule has 1 aromatic heterocycles. The second kappa shape index (κ2) is 9.76. The number of rotatable bonds is 7. The predicted octanol–water partition coefficient (Wildman–Crippen LogP) is 4.55. The summed E-state index contributed by atoms with van der Waals surface area (Å²) in [6.07, 6.45) is 1.27. The monoisotopic (exact) mass is 474 g/mol. The number of amides is 2. The number of sulfonamides is 1. The van der Waals surface area contributed by atoms with E-state index in [0.29, 0.717) is 28.1 Å². The third kappa shape index (κ3) is 5.41. The van der Waals surface area contributed by atoms with Gasteiger partial charge in [-0.1, -0.05) is 60.7 Å². The quantitative estimate of drug-likeness (QED) is 0.409. The Morgan fingerprint density at radius 1 is 0.882 bits per heavy atom. The van der Waals surface area contributed by atoms with Crippen LogP contribution in [0.4, 0.5) is 5.69 Å².